The van der Waals surface area contributed by atoms with Crippen LogP contribution in [0.5, 0.6) is 0 Å². The average molecular weight is 266 g/mol. The van der Waals surface area contributed by atoms with Gasteiger partial charge in [0.15, 0.2) is 0 Å². The van der Waals surface area contributed by atoms with E-state index in [1.807, 2.05) is 32.9 Å². The fraction of sp³-hybridized carbons (Fsp3) is 0.500. The topological polar surface area (TPSA) is 55.1 Å². The van der Waals surface area contributed by atoms with Gasteiger partial charge in [-0.3, -0.25) is 4.79 Å². The molecule has 18 heavy (non-hydrogen) atoms. The lowest BCUT2D eigenvalue weighted by Gasteiger charge is -2.29. The molecule has 1 amide bonds. The van der Waals surface area contributed by atoms with Crippen molar-refractivity contribution in [3.63, 3.8) is 0 Å². The Hall–Kier alpha value is -1.00. The van der Waals surface area contributed by atoms with Crippen LogP contribution in [0.4, 0.5) is 0 Å². The van der Waals surface area contributed by atoms with Crippen molar-refractivity contribution in [1.82, 2.24) is 5.32 Å². The third-order valence-electron chi connectivity index (χ3n) is 2.76. The Morgan fingerprint density at radius 2 is 2.06 bits per heavy atom. The van der Waals surface area contributed by atoms with Crippen LogP contribution < -0.4 is 11.1 Å². The SMILES string of the molecule is Cc1ccccc1SCC(C)(NC(C)C)C(N)=O. The van der Waals surface area contributed by atoms with E-state index in [2.05, 4.69) is 24.4 Å². The number of nitrogens with two attached hydrogens (primary N) is 1. The normalized spacial score (nSPS) is 14.5. The molecule has 0 saturated carbocycles. The number of hydrogen-bond donors (Lipinski definition) is 2. The van der Waals surface area contributed by atoms with Gasteiger partial charge in [-0.05, 0) is 39.3 Å². The lowest BCUT2D eigenvalue weighted by Crippen LogP contribution is -2.57. The predicted molar refractivity (Wildman–Crippen MR) is 77.8 cm³/mol. The number of amides is 1. The maximum Gasteiger partial charge on any atom is 0.238 e. The predicted octanol–water partition coefficient (Wildman–Crippen LogP) is 2.33. The number of rotatable bonds is 6. The monoisotopic (exact) mass is 266 g/mol. The first-order valence-corrected chi connectivity index (χ1v) is 7.10. The number of nitrogens with one attached hydrogen (secondary N) is 1. The van der Waals surface area contributed by atoms with Gasteiger partial charge in [0.05, 0.1) is 0 Å². The fourth-order valence-electron chi connectivity index (χ4n) is 1.76. The number of benzene rings is 1. The molecule has 0 radical (unpaired) electrons. The second-order valence-corrected chi connectivity index (χ2v) is 6.07. The van der Waals surface area contributed by atoms with E-state index in [9.17, 15) is 4.79 Å². The molecule has 0 spiro atoms. The summed E-state index contributed by atoms with van der Waals surface area (Å²) in [5.41, 5.74) is 6.05. The smallest absolute Gasteiger partial charge is 0.238 e. The highest BCUT2D eigenvalue weighted by Crippen LogP contribution is 2.25. The summed E-state index contributed by atoms with van der Waals surface area (Å²) >= 11 is 1.66. The number of thioether (sulfide) groups is 1. The quantitative estimate of drug-likeness (QED) is 0.777. The second-order valence-electron chi connectivity index (χ2n) is 5.05. The van der Waals surface area contributed by atoms with Crippen LogP contribution in [0.25, 0.3) is 0 Å². The first kappa shape index (κ1) is 15.1. The van der Waals surface area contributed by atoms with Crippen LogP contribution in [-0.2, 0) is 4.79 Å². The third kappa shape index (κ3) is 4.03. The van der Waals surface area contributed by atoms with Gasteiger partial charge in [0.25, 0.3) is 0 Å². The van der Waals surface area contributed by atoms with Crippen LogP contribution in [0.15, 0.2) is 29.2 Å². The summed E-state index contributed by atoms with van der Waals surface area (Å²) in [6, 6.07) is 8.38. The summed E-state index contributed by atoms with van der Waals surface area (Å²) in [5.74, 6) is 0.322. The highest BCUT2D eigenvalue weighted by Gasteiger charge is 2.31. The molecule has 1 atom stereocenters. The van der Waals surface area contributed by atoms with Crippen molar-refractivity contribution < 1.29 is 4.79 Å². The van der Waals surface area contributed by atoms with E-state index in [-0.39, 0.29) is 11.9 Å². The van der Waals surface area contributed by atoms with Gasteiger partial charge in [0, 0.05) is 16.7 Å². The summed E-state index contributed by atoms with van der Waals surface area (Å²) in [6.45, 7) is 7.96. The van der Waals surface area contributed by atoms with E-state index in [1.54, 1.807) is 11.8 Å². The van der Waals surface area contributed by atoms with E-state index in [0.717, 1.165) is 0 Å². The van der Waals surface area contributed by atoms with Crippen LogP contribution in [0.1, 0.15) is 26.3 Å². The summed E-state index contributed by atoms with van der Waals surface area (Å²) in [7, 11) is 0. The largest absolute Gasteiger partial charge is 0.368 e. The van der Waals surface area contributed by atoms with Crippen molar-refractivity contribution in [3.05, 3.63) is 29.8 Å². The fourth-order valence-corrected chi connectivity index (χ4v) is 2.90. The molecule has 3 N–H and O–H groups in total. The van der Waals surface area contributed by atoms with Crippen LogP contribution >= 0.6 is 11.8 Å². The van der Waals surface area contributed by atoms with E-state index in [0.29, 0.717) is 5.75 Å². The molecule has 0 aliphatic heterocycles. The van der Waals surface area contributed by atoms with Gasteiger partial charge >= 0.3 is 0 Å². The van der Waals surface area contributed by atoms with Gasteiger partial charge in [-0.25, -0.2) is 0 Å². The van der Waals surface area contributed by atoms with Crippen LogP contribution in [0.3, 0.4) is 0 Å². The first-order valence-electron chi connectivity index (χ1n) is 6.11. The first-order chi connectivity index (χ1) is 8.35. The minimum absolute atomic E-state index is 0.222. The third-order valence-corrected chi connectivity index (χ3v) is 4.25. The van der Waals surface area contributed by atoms with Crippen LogP contribution in [0, 0.1) is 6.92 Å². The molecule has 1 unspecified atom stereocenters. The van der Waals surface area contributed by atoms with E-state index in [4.69, 9.17) is 5.73 Å². The lowest BCUT2D eigenvalue weighted by molar-refractivity contribution is -0.123. The molecule has 3 nitrogen and oxygen atoms in total. The van der Waals surface area contributed by atoms with Gasteiger partial charge in [-0.2, -0.15) is 0 Å². The van der Waals surface area contributed by atoms with Gasteiger partial charge in [0.1, 0.15) is 5.54 Å². The van der Waals surface area contributed by atoms with E-state index < -0.39 is 5.54 Å². The summed E-state index contributed by atoms with van der Waals surface area (Å²) in [5, 5.41) is 3.25. The molecule has 0 aromatic heterocycles. The molecule has 0 saturated heterocycles. The zero-order valence-electron chi connectivity index (χ0n) is 11.5. The molecular formula is C14H22N2OS. The zero-order chi connectivity index (χ0) is 13.8. The maximum absolute atomic E-state index is 11.6. The summed E-state index contributed by atoms with van der Waals surface area (Å²) < 4.78 is 0. The highest BCUT2D eigenvalue weighted by atomic mass is 32.2. The van der Waals surface area contributed by atoms with Gasteiger partial charge in [-0.1, -0.05) is 18.2 Å². The summed E-state index contributed by atoms with van der Waals surface area (Å²) in [4.78, 5) is 12.8. The van der Waals surface area contributed by atoms with E-state index >= 15 is 0 Å². The Kier molecular flexibility index (Phi) is 5.23. The van der Waals surface area contributed by atoms with E-state index in [1.165, 1.54) is 10.5 Å². The van der Waals surface area contributed by atoms with Crippen molar-refractivity contribution in [1.29, 1.82) is 0 Å². The molecule has 0 aliphatic carbocycles. The molecule has 0 heterocycles. The standard InChI is InChI=1S/C14H22N2OS/c1-10(2)16-14(4,13(15)17)9-18-12-8-6-5-7-11(12)3/h5-8,10,16H,9H2,1-4H3,(H2,15,17). The lowest BCUT2D eigenvalue weighted by atomic mass is 10.0. The molecule has 1 aromatic carbocycles. The Bertz CT molecular complexity index is 420. The molecule has 0 fully saturated rings. The number of carbonyl (C=O) groups excluding carboxylic acids is 1. The Labute approximate surface area is 114 Å². The average Bonchev–Trinajstić information content (AvgIpc) is 2.27. The minimum Gasteiger partial charge on any atom is -0.368 e. The van der Waals surface area contributed by atoms with Crippen molar-refractivity contribution in [2.75, 3.05) is 5.75 Å². The Morgan fingerprint density at radius 3 is 2.56 bits per heavy atom. The van der Waals surface area contributed by atoms with Gasteiger partial charge in [-0.15, -0.1) is 11.8 Å². The van der Waals surface area contributed by atoms with Crippen LogP contribution in [-0.4, -0.2) is 23.2 Å². The van der Waals surface area contributed by atoms with Crippen molar-refractivity contribution >= 4 is 17.7 Å². The van der Waals surface area contributed by atoms with Gasteiger partial charge in [0.2, 0.25) is 5.91 Å². The molecular weight excluding hydrogens is 244 g/mol. The number of aryl methyl sites for hydroxylation is 1. The number of primary amides is 1. The second kappa shape index (κ2) is 6.25. The zero-order valence-corrected chi connectivity index (χ0v) is 12.3. The highest BCUT2D eigenvalue weighted by molar-refractivity contribution is 7.99. The maximum atomic E-state index is 11.6. The van der Waals surface area contributed by atoms with Crippen molar-refractivity contribution in [2.45, 2.75) is 44.2 Å². The molecule has 4 heteroatoms. The molecule has 1 aromatic rings. The van der Waals surface area contributed by atoms with Crippen molar-refractivity contribution in [3.8, 4) is 0 Å². The molecule has 1 rings (SSSR count). The molecule has 100 valence electrons. The Morgan fingerprint density at radius 1 is 1.44 bits per heavy atom. The summed E-state index contributed by atoms with van der Waals surface area (Å²) in [6.07, 6.45) is 0. The number of hydrogen-bond acceptors (Lipinski definition) is 3. The number of carbonyl (C=O) groups is 1. The van der Waals surface area contributed by atoms with Gasteiger partial charge < -0.3 is 11.1 Å². The minimum atomic E-state index is -0.679. The van der Waals surface area contributed by atoms with Crippen molar-refractivity contribution in [2.24, 2.45) is 5.73 Å². The molecule has 0 bridgehead atoms. The Balaban J connectivity index is 2.75. The van der Waals surface area contributed by atoms with Crippen LogP contribution in [0.2, 0.25) is 0 Å². The molecule has 0 aliphatic rings.